The first-order valence-corrected chi connectivity index (χ1v) is 11.0. The van der Waals surface area contributed by atoms with Gasteiger partial charge in [0.1, 0.15) is 21.5 Å². The van der Waals surface area contributed by atoms with Crippen LogP contribution in [0.2, 0.25) is 0 Å². The van der Waals surface area contributed by atoms with Crippen molar-refractivity contribution in [2.75, 3.05) is 17.2 Å². The Labute approximate surface area is 200 Å². The summed E-state index contributed by atoms with van der Waals surface area (Å²) in [4.78, 5) is 44.7. The molecular weight excluding hydrogens is 487 g/mol. The third kappa shape index (κ3) is 5.40. The van der Waals surface area contributed by atoms with E-state index < -0.39 is 29.6 Å². The second-order valence-electron chi connectivity index (χ2n) is 7.64. The number of halogens is 3. The van der Waals surface area contributed by atoms with E-state index in [0.717, 1.165) is 23.6 Å². The number of hydrogen-bond donors (Lipinski definition) is 3. The molecule has 13 heteroatoms. The fourth-order valence-electron chi connectivity index (χ4n) is 3.23. The van der Waals surface area contributed by atoms with Gasteiger partial charge in [0.25, 0.3) is 17.7 Å². The molecule has 9 nitrogen and oxygen atoms in total. The largest absolute Gasteiger partial charge is 0.482 e. The van der Waals surface area contributed by atoms with Crippen LogP contribution >= 0.6 is 11.3 Å². The molecule has 1 aliphatic heterocycles. The lowest BCUT2D eigenvalue weighted by molar-refractivity contribution is -0.138. The number of benzene rings is 1. The Kier molecular flexibility index (Phi) is 6.43. The van der Waals surface area contributed by atoms with Gasteiger partial charge in [-0.05, 0) is 43.7 Å². The molecule has 3 aromatic rings. The number of hydrogen-bond acceptors (Lipinski definition) is 7. The van der Waals surface area contributed by atoms with Crippen molar-refractivity contribution in [2.24, 2.45) is 0 Å². The number of nitrogens with one attached hydrogen (secondary N) is 3. The normalized spacial score (nSPS) is 13.8. The molecule has 3 N–H and O–H groups in total. The summed E-state index contributed by atoms with van der Waals surface area (Å²) in [6.07, 6.45) is -2.27. The van der Waals surface area contributed by atoms with Gasteiger partial charge < -0.3 is 20.7 Å². The molecule has 2 aromatic heterocycles. The molecular formula is C22H18F3N5O4S. The lowest BCUT2D eigenvalue weighted by atomic mass is 10.1. The third-order valence-electron chi connectivity index (χ3n) is 4.99. The lowest BCUT2D eigenvalue weighted by Gasteiger charge is -2.18. The maximum Gasteiger partial charge on any atom is 0.416 e. The molecule has 1 aromatic carbocycles. The molecule has 0 radical (unpaired) electrons. The monoisotopic (exact) mass is 505 g/mol. The van der Waals surface area contributed by atoms with Gasteiger partial charge in [-0.2, -0.15) is 13.2 Å². The number of fused-ring (bicyclic) bond motifs is 1. The van der Waals surface area contributed by atoms with Gasteiger partial charge in [-0.1, -0.05) is 0 Å². The summed E-state index contributed by atoms with van der Waals surface area (Å²) in [5.74, 6) is -1.23. The summed E-state index contributed by atoms with van der Waals surface area (Å²) in [7, 11) is 0. The number of pyridine rings is 1. The van der Waals surface area contributed by atoms with E-state index in [1.165, 1.54) is 19.2 Å². The van der Waals surface area contributed by atoms with Gasteiger partial charge in [-0.15, -0.1) is 11.3 Å². The molecule has 1 atom stereocenters. The molecule has 0 saturated heterocycles. The molecule has 0 saturated carbocycles. The number of aryl methyl sites for hydroxylation is 1. The minimum atomic E-state index is -4.57. The summed E-state index contributed by atoms with van der Waals surface area (Å²) in [5, 5.41) is 8.12. The van der Waals surface area contributed by atoms with E-state index in [0.29, 0.717) is 16.4 Å². The predicted molar refractivity (Wildman–Crippen MR) is 120 cm³/mol. The maximum atomic E-state index is 13.1. The van der Waals surface area contributed by atoms with E-state index in [1.807, 2.05) is 0 Å². The first kappa shape index (κ1) is 24.1. The van der Waals surface area contributed by atoms with Crippen molar-refractivity contribution in [3.8, 4) is 5.75 Å². The molecule has 35 heavy (non-hydrogen) atoms. The minimum Gasteiger partial charge on any atom is -0.482 e. The maximum absolute atomic E-state index is 13.1. The van der Waals surface area contributed by atoms with Crippen molar-refractivity contribution in [1.82, 2.24) is 15.3 Å². The van der Waals surface area contributed by atoms with Crippen LogP contribution in [0.25, 0.3) is 0 Å². The van der Waals surface area contributed by atoms with Crippen LogP contribution in [0.1, 0.15) is 49.1 Å². The van der Waals surface area contributed by atoms with Crippen LogP contribution in [0.15, 0.2) is 36.7 Å². The van der Waals surface area contributed by atoms with Gasteiger partial charge in [0.05, 0.1) is 23.5 Å². The standard InChI is InChI=1S/C22H18F3N5O4S/c1-10-7-26-17(6-13(10)22(23,24)25)30-20(33)16-8-27-21(35-16)11(2)28-19(32)12-3-4-15-14(5-12)29-18(31)9-34-15/h3-8,11H,9H2,1-2H3,(H,28,32)(H,29,31)(H,26,30,33)/t11-/m1/s1. The van der Waals surface area contributed by atoms with Gasteiger partial charge in [0, 0.05) is 11.8 Å². The molecule has 4 rings (SSSR count). The summed E-state index contributed by atoms with van der Waals surface area (Å²) in [6.45, 7) is 2.85. The number of nitrogens with zero attached hydrogens (tertiary/aromatic N) is 2. The average Bonchev–Trinajstić information content (AvgIpc) is 3.30. The molecule has 182 valence electrons. The van der Waals surface area contributed by atoms with Crippen molar-refractivity contribution >= 4 is 40.6 Å². The topological polar surface area (TPSA) is 122 Å². The minimum absolute atomic E-state index is 0.0611. The van der Waals surface area contributed by atoms with Gasteiger partial charge in [-0.25, -0.2) is 9.97 Å². The zero-order chi connectivity index (χ0) is 25.3. The van der Waals surface area contributed by atoms with Crippen molar-refractivity contribution in [2.45, 2.75) is 26.1 Å². The lowest BCUT2D eigenvalue weighted by Crippen LogP contribution is -2.28. The van der Waals surface area contributed by atoms with E-state index in [-0.39, 0.29) is 34.3 Å². The number of alkyl halides is 3. The van der Waals surface area contributed by atoms with E-state index >= 15 is 0 Å². The molecule has 3 amide bonds. The number of amides is 3. The number of thiazole rings is 1. The Hall–Kier alpha value is -4.00. The van der Waals surface area contributed by atoms with Crippen LogP contribution in [0.5, 0.6) is 5.75 Å². The number of ether oxygens (including phenoxy) is 1. The first-order chi connectivity index (χ1) is 16.5. The smallest absolute Gasteiger partial charge is 0.416 e. The number of rotatable bonds is 5. The van der Waals surface area contributed by atoms with Gasteiger partial charge in [0.15, 0.2) is 6.61 Å². The second kappa shape index (κ2) is 9.33. The van der Waals surface area contributed by atoms with Crippen LogP contribution in [-0.4, -0.2) is 34.3 Å². The van der Waals surface area contributed by atoms with Gasteiger partial charge >= 0.3 is 6.18 Å². The summed E-state index contributed by atoms with van der Waals surface area (Å²) in [5.41, 5.74) is -0.290. The number of aromatic nitrogens is 2. The Balaban J connectivity index is 1.42. The van der Waals surface area contributed by atoms with E-state index in [4.69, 9.17) is 4.74 Å². The molecule has 0 aliphatic carbocycles. The van der Waals surface area contributed by atoms with Gasteiger partial charge in [0.2, 0.25) is 0 Å². The highest BCUT2D eigenvalue weighted by atomic mass is 32.1. The molecule has 0 unspecified atom stereocenters. The highest BCUT2D eigenvalue weighted by molar-refractivity contribution is 7.13. The number of anilines is 2. The second-order valence-corrected chi connectivity index (χ2v) is 8.70. The third-order valence-corrected chi connectivity index (χ3v) is 6.17. The zero-order valence-electron chi connectivity index (χ0n) is 18.3. The van der Waals surface area contributed by atoms with Crippen LogP contribution in [0, 0.1) is 6.92 Å². The van der Waals surface area contributed by atoms with Crippen molar-refractivity contribution in [3.05, 3.63) is 63.2 Å². The fraction of sp³-hybridized carbons (Fsp3) is 0.227. The quantitative estimate of drug-likeness (QED) is 0.483. The first-order valence-electron chi connectivity index (χ1n) is 10.2. The Morgan fingerprint density at radius 3 is 2.69 bits per heavy atom. The SMILES string of the molecule is Cc1cnc(NC(=O)c2cnc([C@@H](C)NC(=O)c3ccc4c(c3)NC(=O)CO4)s2)cc1C(F)(F)F. The summed E-state index contributed by atoms with van der Waals surface area (Å²) in [6, 6.07) is 4.79. The van der Waals surface area contributed by atoms with E-state index in [9.17, 15) is 27.6 Å². The zero-order valence-corrected chi connectivity index (χ0v) is 19.1. The molecule has 0 fully saturated rings. The van der Waals surface area contributed by atoms with Crippen molar-refractivity contribution < 1.29 is 32.3 Å². The molecule has 0 spiro atoms. The van der Waals surface area contributed by atoms with E-state index in [2.05, 4.69) is 25.9 Å². The average molecular weight is 505 g/mol. The van der Waals surface area contributed by atoms with Crippen molar-refractivity contribution in [1.29, 1.82) is 0 Å². The Morgan fingerprint density at radius 1 is 1.17 bits per heavy atom. The highest BCUT2D eigenvalue weighted by Crippen LogP contribution is 2.33. The molecule has 0 bridgehead atoms. The fourth-order valence-corrected chi connectivity index (χ4v) is 4.05. The molecule has 1 aliphatic rings. The van der Waals surface area contributed by atoms with Crippen LogP contribution in [0.4, 0.5) is 24.7 Å². The number of carbonyl (C=O) groups is 3. The Morgan fingerprint density at radius 2 is 1.94 bits per heavy atom. The summed E-state index contributed by atoms with van der Waals surface area (Å²) >= 11 is 0.977. The van der Waals surface area contributed by atoms with Crippen LogP contribution < -0.4 is 20.7 Å². The number of carbonyl (C=O) groups excluding carboxylic acids is 3. The predicted octanol–water partition coefficient (Wildman–Crippen LogP) is 3.94. The van der Waals surface area contributed by atoms with Gasteiger partial charge in [-0.3, -0.25) is 14.4 Å². The van der Waals surface area contributed by atoms with Crippen LogP contribution in [0.3, 0.4) is 0 Å². The summed E-state index contributed by atoms with van der Waals surface area (Å²) < 4.78 is 44.6. The van der Waals surface area contributed by atoms with Crippen molar-refractivity contribution in [3.63, 3.8) is 0 Å². The highest BCUT2D eigenvalue weighted by Gasteiger charge is 2.33. The Bertz CT molecular complexity index is 1320. The van der Waals surface area contributed by atoms with Crippen LogP contribution in [-0.2, 0) is 11.0 Å². The van der Waals surface area contributed by atoms with E-state index in [1.54, 1.807) is 19.1 Å². The molecule has 3 heterocycles.